The van der Waals surface area contributed by atoms with Gasteiger partial charge in [0, 0.05) is 10.9 Å². The lowest BCUT2D eigenvalue weighted by molar-refractivity contribution is 0.178. The summed E-state index contributed by atoms with van der Waals surface area (Å²) in [6.07, 6.45) is -0.305. The van der Waals surface area contributed by atoms with Crippen LogP contribution in [-0.4, -0.2) is 12.2 Å². The zero-order valence-electron chi connectivity index (χ0n) is 10.4. The van der Waals surface area contributed by atoms with Crippen LogP contribution in [0.2, 0.25) is 0 Å². The van der Waals surface area contributed by atoms with Gasteiger partial charge in [0.25, 0.3) is 0 Å². The van der Waals surface area contributed by atoms with Crippen molar-refractivity contribution >= 4 is 15.9 Å². The molecule has 0 aliphatic carbocycles. The van der Waals surface area contributed by atoms with Gasteiger partial charge in [0.1, 0.15) is 11.6 Å². The monoisotopic (exact) mass is 324 g/mol. The number of methoxy groups -OCH3 is 1. The highest BCUT2D eigenvalue weighted by Crippen LogP contribution is 2.24. The first-order valence-corrected chi connectivity index (χ1v) is 6.65. The largest absolute Gasteiger partial charge is 0.497 e. The summed E-state index contributed by atoms with van der Waals surface area (Å²) in [5.41, 5.74) is 1.52. The van der Waals surface area contributed by atoms with E-state index in [1.165, 1.54) is 12.1 Å². The number of halogens is 2. The fraction of sp³-hybridized carbons (Fsp3) is 0.200. The Morgan fingerprint density at radius 1 is 1.21 bits per heavy atom. The molecular weight excluding hydrogens is 311 g/mol. The highest BCUT2D eigenvalue weighted by molar-refractivity contribution is 9.10. The highest BCUT2D eigenvalue weighted by Gasteiger charge is 2.11. The number of hydrogen-bond acceptors (Lipinski definition) is 2. The first-order valence-electron chi connectivity index (χ1n) is 5.85. The van der Waals surface area contributed by atoms with Gasteiger partial charge >= 0.3 is 0 Å². The predicted molar refractivity (Wildman–Crippen MR) is 75.8 cm³/mol. The van der Waals surface area contributed by atoms with Crippen LogP contribution < -0.4 is 4.74 Å². The van der Waals surface area contributed by atoms with E-state index in [9.17, 15) is 9.50 Å². The molecule has 2 aromatic rings. The van der Waals surface area contributed by atoms with Crippen LogP contribution in [0.5, 0.6) is 5.75 Å². The summed E-state index contributed by atoms with van der Waals surface area (Å²) in [4.78, 5) is 0. The second-order valence-electron chi connectivity index (χ2n) is 4.27. The van der Waals surface area contributed by atoms with E-state index < -0.39 is 6.10 Å². The lowest BCUT2D eigenvalue weighted by Gasteiger charge is -2.12. The molecule has 0 fully saturated rings. The van der Waals surface area contributed by atoms with Gasteiger partial charge in [0.15, 0.2) is 0 Å². The smallest absolute Gasteiger partial charge is 0.124 e. The molecule has 1 unspecified atom stereocenters. The molecule has 1 N–H and O–H groups in total. The molecule has 0 saturated carbocycles. The van der Waals surface area contributed by atoms with Crippen LogP contribution in [0.3, 0.4) is 0 Å². The van der Waals surface area contributed by atoms with Gasteiger partial charge in [-0.25, -0.2) is 4.39 Å². The van der Waals surface area contributed by atoms with E-state index in [-0.39, 0.29) is 5.82 Å². The van der Waals surface area contributed by atoms with E-state index in [1.54, 1.807) is 13.2 Å². The van der Waals surface area contributed by atoms with Crippen molar-refractivity contribution in [3.05, 3.63) is 63.9 Å². The van der Waals surface area contributed by atoms with Crippen molar-refractivity contribution in [3.63, 3.8) is 0 Å². The summed E-state index contributed by atoms with van der Waals surface area (Å²) in [7, 11) is 1.61. The quantitative estimate of drug-likeness (QED) is 0.925. The van der Waals surface area contributed by atoms with E-state index in [0.717, 1.165) is 11.3 Å². The van der Waals surface area contributed by atoms with Crippen LogP contribution in [0, 0.1) is 5.82 Å². The minimum atomic E-state index is -0.736. The average molecular weight is 325 g/mol. The molecule has 0 aromatic heterocycles. The number of hydrogen-bond donors (Lipinski definition) is 1. The van der Waals surface area contributed by atoms with Gasteiger partial charge in [0.05, 0.1) is 13.2 Å². The van der Waals surface area contributed by atoms with Gasteiger partial charge in [-0.05, 0) is 41.5 Å². The van der Waals surface area contributed by atoms with Crippen LogP contribution in [0.25, 0.3) is 0 Å². The molecule has 0 aliphatic rings. The number of rotatable bonds is 4. The van der Waals surface area contributed by atoms with Crippen LogP contribution in [0.15, 0.2) is 46.9 Å². The predicted octanol–water partition coefficient (Wildman–Crippen LogP) is 3.87. The molecular formula is C15H14BrFO2. The van der Waals surface area contributed by atoms with Crippen LogP contribution in [0.1, 0.15) is 17.2 Å². The summed E-state index contributed by atoms with van der Waals surface area (Å²) in [5.74, 6) is 0.407. The molecule has 1 atom stereocenters. The second kappa shape index (κ2) is 6.17. The molecule has 2 aromatic carbocycles. The summed E-state index contributed by atoms with van der Waals surface area (Å²) >= 11 is 3.22. The van der Waals surface area contributed by atoms with E-state index in [2.05, 4.69) is 15.9 Å². The molecule has 0 spiro atoms. The molecule has 0 saturated heterocycles. The SMILES string of the molecule is COc1ccc(CC(O)c2cc(F)cc(Br)c2)cc1. The van der Waals surface area contributed by atoms with E-state index in [0.29, 0.717) is 16.5 Å². The van der Waals surface area contributed by atoms with Crippen LogP contribution in [0.4, 0.5) is 4.39 Å². The Morgan fingerprint density at radius 3 is 2.47 bits per heavy atom. The maximum Gasteiger partial charge on any atom is 0.124 e. The fourth-order valence-electron chi connectivity index (χ4n) is 1.87. The van der Waals surface area contributed by atoms with E-state index >= 15 is 0 Å². The van der Waals surface area contributed by atoms with E-state index in [1.807, 2.05) is 24.3 Å². The summed E-state index contributed by atoms with van der Waals surface area (Å²) in [6.45, 7) is 0. The average Bonchev–Trinajstić information content (AvgIpc) is 2.38. The van der Waals surface area contributed by atoms with Crippen molar-refractivity contribution in [1.82, 2.24) is 0 Å². The minimum absolute atomic E-state index is 0.363. The molecule has 0 amide bonds. The van der Waals surface area contributed by atoms with Gasteiger partial charge < -0.3 is 9.84 Å². The van der Waals surface area contributed by atoms with Gasteiger partial charge in [0.2, 0.25) is 0 Å². The third-order valence-electron chi connectivity index (χ3n) is 2.86. The summed E-state index contributed by atoms with van der Waals surface area (Å²) in [5, 5.41) is 10.1. The Hall–Kier alpha value is -1.39. The molecule has 0 aliphatic heterocycles. The molecule has 4 heteroatoms. The zero-order chi connectivity index (χ0) is 13.8. The fourth-order valence-corrected chi connectivity index (χ4v) is 2.35. The van der Waals surface area contributed by atoms with Crippen molar-refractivity contribution < 1.29 is 14.2 Å². The molecule has 0 heterocycles. The van der Waals surface area contributed by atoms with Gasteiger partial charge in [-0.1, -0.05) is 28.1 Å². The van der Waals surface area contributed by atoms with Crippen LogP contribution >= 0.6 is 15.9 Å². The van der Waals surface area contributed by atoms with Crippen molar-refractivity contribution in [2.75, 3.05) is 7.11 Å². The van der Waals surface area contributed by atoms with Gasteiger partial charge in [-0.3, -0.25) is 0 Å². The molecule has 19 heavy (non-hydrogen) atoms. The van der Waals surface area contributed by atoms with Crippen molar-refractivity contribution in [2.24, 2.45) is 0 Å². The summed E-state index contributed by atoms with van der Waals surface area (Å²) < 4.78 is 19.0. The van der Waals surface area contributed by atoms with Crippen molar-refractivity contribution in [1.29, 1.82) is 0 Å². The third kappa shape index (κ3) is 3.78. The zero-order valence-corrected chi connectivity index (χ0v) is 12.0. The second-order valence-corrected chi connectivity index (χ2v) is 5.19. The first kappa shape index (κ1) is 14.0. The Kier molecular flexibility index (Phi) is 4.56. The number of aliphatic hydroxyl groups excluding tert-OH is 1. The van der Waals surface area contributed by atoms with Gasteiger partial charge in [-0.2, -0.15) is 0 Å². The topological polar surface area (TPSA) is 29.5 Å². The normalized spacial score (nSPS) is 12.2. The minimum Gasteiger partial charge on any atom is -0.497 e. The standard InChI is InChI=1S/C15H14BrFO2/c1-19-14-4-2-10(3-5-14)6-15(18)11-7-12(16)9-13(17)8-11/h2-5,7-9,15,18H,6H2,1H3. The molecule has 2 nitrogen and oxygen atoms in total. The number of ether oxygens (including phenoxy) is 1. The Balaban J connectivity index is 2.13. The molecule has 2 rings (SSSR count). The van der Waals surface area contributed by atoms with Crippen LogP contribution in [-0.2, 0) is 6.42 Å². The Morgan fingerprint density at radius 2 is 1.89 bits per heavy atom. The summed E-state index contributed by atoms with van der Waals surface area (Å²) in [6, 6.07) is 11.9. The van der Waals surface area contributed by atoms with E-state index in [4.69, 9.17) is 4.74 Å². The molecule has 0 radical (unpaired) electrons. The highest BCUT2D eigenvalue weighted by atomic mass is 79.9. The lowest BCUT2D eigenvalue weighted by atomic mass is 10.0. The number of benzene rings is 2. The van der Waals surface area contributed by atoms with Gasteiger partial charge in [-0.15, -0.1) is 0 Å². The van der Waals surface area contributed by atoms with Crippen molar-refractivity contribution in [3.8, 4) is 5.75 Å². The maximum absolute atomic E-state index is 13.3. The first-order chi connectivity index (χ1) is 9.08. The maximum atomic E-state index is 13.3. The lowest BCUT2D eigenvalue weighted by Crippen LogP contribution is -2.02. The molecule has 0 bridgehead atoms. The van der Waals surface area contributed by atoms with Crippen molar-refractivity contribution in [2.45, 2.75) is 12.5 Å². The number of aliphatic hydroxyl groups is 1. The molecule has 100 valence electrons. The third-order valence-corrected chi connectivity index (χ3v) is 3.32. The Labute approximate surface area is 120 Å². The Bertz CT molecular complexity index is 534.